The molecule has 0 unspecified atom stereocenters. The molecule has 1 aliphatic heterocycles. The van der Waals surface area contributed by atoms with Gasteiger partial charge in [-0.05, 0) is 23.8 Å². The first-order valence-electron chi connectivity index (χ1n) is 9.09. The van der Waals surface area contributed by atoms with Crippen molar-refractivity contribution < 1.29 is 4.42 Å². The highest BCUT2D eigenvalue weighted by Gasteiger charge is 2.35. The molecule has 1 N–H and O–H groups in total. The fourth-order valence-electron chi connectivity index (χ4n) is 4.11. The Morgan fingerprint density at radius 2 is 1.59 bits per heavy atom. The van der Waals surface area contributed by atoms with Crippen LogP contribution in [0.1, 0.15) is 25.0 Å². The summed E-state index contributed by atoms with van der Waals surface area (Å²) in [5.74, 6) is 0.594. The van der Waals surface area contributed by atoms with Crippen LogP contribution >= 0.6 is 0 Å². The average molecular weight is 353 g/mol. The first-order chi connectivity index (χ1) is 13.1. The van der Waals surface area contributed by atoms with Crippen molar-refractivity contribution in [2.45, 2.75) is 19.3 Å². The third-order valence-corrected chi connectivity index (χ3v) is 5.45. The van der Waals surface area contributed by atoms with Gasteiger partial charge in [0.25, 0.3) is 0 Å². The van der Waals surface area contributed by atoms with E-state index in [0.717, 1.165) is 22.5 Å². The highest BCUT2D eigenvalue weighted by Crippen LogP contribution is 2.48. The molecule has 0 saturated heterocycles. The molecule has 3 nitrogen and oxygen atoms in total. The molecule has 0 amide bonds. The standard InChI is InChI=1S/C24H19NO2/c1-24(2)17-10-6-7-11-18(17)25-19-13-12-16-20(26)14-21(27-23(16)22(19)24)15-8-4-3-5-9-15/h3-14,25H,1-2H3. The van der Waals surface area contributed by atoms with E-state index >= 15 is 0 Å². The van der Waals surface area contributed by atoms with Crippen LogP contribution in [-0.4, -0.2) is 0 Å². The lowest BCUT2D eigenvalue weighted by Gasteiger charge is -2.35. The van der Waals surface area contributed by atoms with Crippen LogP contribution in [0.25, 0.3) is 22.3 Å². The Morgan fingerprint density at radius 1 is 0.852 bits per heavy atom. The van der Waals surface area contributed by atoms with Crippen LogP contribution in [-0.2, 0) is 5.41 Å². The minimum Gasteiger partial charge on any atom is -0.455 e. The summed E-state index contributed by atoms with van der Waals surface area (Å²) in [4.78, 5) is 12.8. The summed E-state index contributed by atoms with van der Waals surface area (Å²) in [5.41, 5.74) is 5.54. The number of hydrogen-bond donors (Lipinski definition) is 1. The molecule has 2 heterocycles. The van der Waals surface area contributed by atoms with E-state index in [1.807, 2.05) is 54.6 Å². The van der Waals surface area contributed by atoms with Crippen molar-refractivity contribution in [3.05, 3.63) is 94.1 Å². The first kappa shape index (κ1) is 15.9. The Kier molecular flexibility index (Phi) is 3.28. The van der Waals surface area contributed by atoms with Crippen LogP contribution in [0.2, 0.25) is 0 Å². The third-order valence-electron chi connectivity index (χ3n) is 5.45. The van der Waals surface area contributed by atoms with E-state index in [1.54, 1.807) is 6.07 Å². The van der Waals surface area contributed by atoms with Gasteiger partial charge >= 0.3 is 0 Å². The van der Waals surface area contributed by atoms with Crippen LogP contribution in [0.3, 0.4) is 0 Å². The number of fused-ring (bicyclic) bond motifs is 4. The van der Waals surface area contributed by atoms with Gasteiger partial charge in [0.1, 0.15) is 11.3 Å². The van der Waals surface area contributed by atoms with Gasteiger partial charge < -0.3 is 9.73 Å². The third kappa shape index (κ3) is 2.32. The van der Waals surface area contributed by atoms with Crippen molar-refractivity contribution in [3.8, 4) is 11.3 Å². The highest BCUT2D eigenvalue weighted by molar-refractivity contribution is 5.92. The van der Waals surface area contributed by atoms with Crippen LogP contribution in [0, 0.1) is 0 Å². The first-order valence-corrected chi connectivity index (χ1v) is 9.09. The Hall–Kier alpha value is -3.33. The number of hydrogen-bond acceptors (Lipinski definition) is 3. The maximum atomic E-state index is 12.8. The molecule has 0 saturated carbocycles. The van der Waals surface area contributed by atoms with Crippen LogP contribution in [0.5, 0.6) is 0 Å². The molecule has 0 bridgehead atoms. The summed E-state index contributed by atoms with van der Waals surface area (Å²) in [6, 6.07) is 23.5. The fourth-order valence-corrected chi connectivity index (χ4v) is 4.11. The van der Waals surface area contributed by atoms with Crippen molar-refractivity contribution >= 4 is 22.3 Å². The maximum Gasteiger partial charge on any atom is 0.193 e. The number of rotatable bonds is 1. The van der Waals surface area contributed by atoms with E-state index in [4.69, 9.17) is 4.42 Å². The van der Waals surface area contributed by atoms with E-state index < -0.39 is 0 Å². The second-order valence-electron chi connectivity index (χ2n) is 7.50. The predicted octanol–water partition coefficient (Wildman–Crippen LogP) is 5.84. The lowest BCUT2D eigenvalue weighted by Crippen LogP contribution is -2.26. The van der Waals surface area contributed by atoms with Gasteiger partial charge in [-0.25, -0.2) is 0 Å². The predicted molar refractivity (Wildman–Crippen MR) is 110 cm³/mol. The van der Waals surface area contributed by atoms with E-state index in [1.165, 1.54) is 5.56 Å². The Morgan fingerprint density at radius 3 is 2.41 bits per heavy atom. The molecule has 0 atom stereocenters. The molecular weight excluding hydrogens is 334 g/mol. The Labute approximate surface area is 157 Å². The van der Waals surface area contributed by atoms with Crippen molar-refractivity contribution in [2.24, 2.45) is 0 Å². The smallest absolute Gasteiger partial charge is 0.193 e. The fraction of sp³-hybridized carbons (Fsp3) is 0.125. The molecule has 132 valence electrons. The second-order valence-corrected chi connectivity index (χ2v) is 7.50. The van der Waals surface area contributed by atoms with E-state index in [0.29, 0.717) is 16.7 Å². The quantitative estimate of drug-likeness (QED) is 0.467. The molecule has 3 aromatic carbocycles. The zero-order valence-corrected chi connectivity index (χ0v) is 15.2. The zero-order chi connectivity index (χ0) is 18.6. The minimum atomic E-state index is -0.290. The number of para-hydroxylation sites is 1. The summed E-state index contributed by atoms with van der Waals surface area (Å²) in [5, 5.41) is 4.12. The largest absolute Gasteiger partial charge is 0.455 e. The van der Waals surface area contributed by atoms with Gasteiger partial charge in [-0.1, -0.05) is 62.4 Å². The number of nitrogens with one attached hydrogen (secondary N) is 1. The second kappa shape index (κ2) is 5.58. The molecule has 0 radical (unpaired) electrons. The van der Waals surface area contributed by atoms with E-state index in [-0.39, 0.29) is 10.8 Å². The van der Waals surface area contributed by atoms with Gasteiger partial charge in [-0.3, -0.25) is 4.79 Å². The molecular formula is C24H19NO2. The molecule has 0 fully saturated rings. The van der Waals surface area contributed by atoms with E-state index in [2.05, 4.69) is 31.3 Å². The monoisotopic (exact) mass is 353 g/mol. The molecule has 1 aromatic heterocycles. The zero-order valence-electron chi connectivity index (χ0n) is 15.2. The molecule has 5 rings (SSSR count). The van der Waals surface area contributed by atoms with Crippen molar-refractivity contribution in [1.82, 2.24) is 0 Å². The van der Waals surface area contributed by atoms with Gasteiger partial charge in [0.2, 0.25) is 0 Å². The van der Waals surface area contributed by atoms with Gasteiger partial charge in [-0.15, -0.1) is 0 Å². The lowest BCUT2D eigenvalue weighted by molar-refractivity contribution is 0.581. The molecule has 4 aromatic rings. The Balaban J connectivity index is 1.85. The molecule has 3 heteroatoms. The van der Waals surface area contributed by atoms with Crippen molar-refractivity contribution in [3.63, 3.8) is 0 Å². The van der Waals surface area contributed by atoms with Crippen LogP contribution in [0.4, 0.5) is 11.4 Å². The molecule has 1 aliphatic rings. The minimum absolute atomic E-state index is 0.0208. The summed E-state index contributed by atoms with van der Waals surface area (Å²) in [6.07, 6.45) is 0. The highest BCUT2D eigenvalue weighted by atomic mass is 16.3. The van der Waals surface area contributed by atoms with Gasteiger partial charge in [-0.2, -0.15) is 0 Å². The van der Waals surface area contributed by atoms with Gasteiger partial charge in [0.15, 0.2) is 5.43 Å². The van der Waals surface area contributed by atoms with Crippen LogP contribution < -0.4 is 10.7 Å². The summed E-state index contributed by atoms with van der Waals surface area (Å²) >= 11 is 0. The van der Waals surface area contributed by atoms with Crippen LogP contribution in [0.15, 0.2) is 82.0 Å². The van der Waals surface area contributed by atoms with Crippen molar-refractivity contribution in [2.75, 3.05) is 5.32 Å². The lowest BCUT2D eigenvalue weighted by atomic mass is 9.73. The average Bonchev–Trinajstić information content (AvgIpc) is 2.68. The number of benzene rings is 3. The number of anilines is 2. The SMILES string of the molecule is CC1(C)c2ccccc2Nc2ccc3c(=O)cc(-c4ccccc4)oc3c21. The summed E-state index contributed by atoms with van der Waals surface area (Å²) in [7, 11) is 0. The van der Waals surface area contributed by atoms with Gasteiger partial charge in [0.05, 0.1) is 5.39 Å². The molecule has 27 heavy (non-hydrogen) atoms. The Bertz CT molecular complexity index is 1240. The maximum absolute atomic E-state index is 12.8. The summed E-state index contributed by atoms with van der Waals surface area (Å²) in [6.45, 7) is 4.36. The van der Waals surface area contributed by atoms with E-state index in [9.17, 15) is 4.79 Å². The molecule has 0 aliphatic carbocycles. The van der Waals surface area contributed by atoms with Gasteiger partial charge in [0, 0.05) is 34.0 Å². The normalized spacial score (nSPS) is 14.3. The molecule has 0 spiro atoms. The van der Waals surface area contributed by atoms with Crippen molar-refractivity contribution in [1.29, 1.82) is 0 Å². The summed E-state index contributed by atoms with van der Waals surface area (Å²) < 4.78 is 6.34. The topological polar surface area (TPSA) is 42.2 Å².